The zero-order valence-corrected chi connectivity index (χ0v) is 9.85. The molecule has 1 aromatic heterocycles. The number of H-pyrrole nitrogens is 1. The Bertz CT molecular complexity index is 526. The van der Waals surface area contributed by atoms with Crippen molar-refractivity contribution in [1.29, 1.82) is 0 Å². The van der Waals surface area contributed by atoms with Gasteiger partial charge in [-0.05, 0) is 30.5 Å². The van der Waals surface area contributed by atoms with Crippen LogP contribution in [-0.4, -0.2) is 4.98 Å². The summed E-state index contributed by atoms with van der Waals surface area (Å²) in [6.45, 7) is 0.566. The summed E-state index contributed by atoms with van der Waals surface area (Å²) in [5, 5.41) is 2.02. The molecule has 0 saturated heterocycles. The Balaban J connectivity index is 2.14. The Morgan fingerprint density at radius 3 is 2.81 bits per heavy atom. The first-order valence-electron chi connectivity index (χ1n) is 5.79. The first-order valence-corrected chi connectivity index (χ1v) is 6.17. The third kappa shape index (κ3) is 1.45. The van der Waals surface area contributed by atoms with Gasteiger partial charge in [-0.25, -0.2) is 0 Å². The highest BCUT2D eigenvalue weighted by Crippen LogP contribution is 2.42. The van der Waals surface area contributed by atoms with Crippen molar-refractivity contribution < 1.29 is 0 Å². The van der Waals surface area contributed by atoms with E-state index in [2.05, 4.69) is 23.2 Å². The highest BCUT2D eigenvalue weighted by molar-refractivity contribution is 6.36. The average molecular weight is 235 g/mol. The van der Waals surface area contributed by atoms with Crippen LogP contribution >= 0.6 is 11.6 Å². The lowest BCUT2D eigenvalue weighted by molar-refractivity contribution is 0.413. The number of nitrogens with one attached hydrogen (secondary N) is 1. The van der Waals surface area contributed by atoms with E-state index in [0.717, 1.165) is 21.5 Å². The molecule has 3 heteroatoms. The zero-order chi connectivity index (χ0) is 11.1. The molecule has 0 aliphatic heterocycles. The van der Waals surface area contributed by atoms with Crippen molar-refractivity contribution in [1.82, 2.24) is 4.98 Å². The summed E-state index contributed by atoms with van der Waals surface area (Å²) in [5.74, 6) is 0.640. The molecule has 0 radical (unpaired) electrons. The summed E-state index contributed by atoms with van der Waals surface area (Å²) in [6.07, 6.45) is 3.84. The number of aromatic amines is 1. The van der Waals surface area contributed by atoms with E-state index in [1.54, 1.807) is 0 Å². The van der Waals surface area contributed by atoms with Crippen molar-refractivity contribution in [2.24, 2.45) is 5.73 Å². The monoisotopic (exact) mass is 234 g/mol. The molecule has 2 nitrogen and oxygen atoms in total. The third-order valence-electron chi connectivity index (χ3n) is 3.58. The van der Waals surface area contributed by atoms with Gasteiger partial charge >= 0.3 is 0 Å². The molecule has 0 unspecified atom stereocenters. The summed E-state index contributed by atoms with van der Waals surface area (Å²) in [6, 6.07) is 6.22. The van der Waals surface area contributed by atoms with Gasteiger partial charge in [-0.1, -0.05) is 24.1 Å². The highest BCUT2D eigenvalue weighted by Gasteiger charge is 2.24. The van der Waals surface area contributed by atoms with E-state index in [1.165, 1.54) is 25.0 Å². The lowest BCUT2D eigenvalue weighted by Gasteiger charge is -2.24. The zero-order valence-electron chi connectivity index (χ0n) is 9.09. The summed E-state index contributed by atoms with van der Waals surface area (Å²) < 4.78 is 0. The lowest BCUT2D eigenvalue weighted by Crippen LogP contribution is -2.09. The summed E-state index contributed by atoms with van der Waals surface area (Å²) in [4.78, 5) is 3.44. The number of nitrogens with two attached hydrogens (primary N) is 1. The fourth-order valence-electron chi connectivity index (χ4n) is 2.33. The van der Waals surface area contributed by atoms with Crippen molar-refractivity contribution >= 4 is 22.5 Å². The van der Waals surface area contributed by atoms with Crippen molar-refractivity contribution in [2.45, 2.75) is 31.7 Å². The van der Waals surface area contributed by atoms with Crippen LogP contribution in [0.2, 0.25) is 5.02 Å². The van der Waals surface area contributed by atoms with E-state index in [4.69, 9.17) is 17.3 Å². The molecular formula is C13H15ClN2. The Labute approximate surface area is 99.8 Å². The maximum Gasteiger partial charge on any atom is 0.0694 e. The average Bonchev–Trinajstić information content (AvgIpc) is 2.54. The van der Waals surface area contributed by atoms with Crippen molar-refractivity contribution in [3.8, 4) is 0 Å². The molecule has 1 heterocycles. The molecule has 0 amide bonds. The molecular weight excluding hydrogens is 220 g/mol. The van der Waals surface area contributed by atoms with Crippen molar-refractivity contribution in [3.05, 3.63) is 34.5 Å². The number of halogens is 1. The molecule has 1 aliphatic carbocycles. The van der Waals surface area contributed by atoms with Crippen molar-refractivity contribution in [3.63, 3.8) is 0 Å². The van der Waals surface area contributed by atoms with Crippen LogP contribution in [0.1, 0.15) is 36.4 Å². The number of hydrogen-bond acceptors (Lipinski definition) is 1. The van der Waals surface area contributed by atoms with Crippen LogP contribution in [0.4, 0.5) is 0 Å². The van der Waals surface area contributed by atoms with Gasteiger partial charge in [0.2, 0.25) is 0 Å². The SMILES string of the molecule is NCc1ccc2[nH]c(C3CCC3)c(Cl)c2c1. The highest BCUT2D eigenvalue weighted by atomic mass is 35.5. The van der Waals surface area contributed by atoms with Crippen LogP contribution in [-0.2, 0) is 6.54 Å². The molecule has 16 heavy (non-hydrogen) atoms. The molecule has 0 bridgehead atoms. The van der Waals surface area contributed by atoms with Crippen molar-refractivity contribution in [2.75, 3.05) is 0 Å². The van der Waals surface area contributed by atoms with Crippen LogP contribution in [0, 0.1) is 0 Å². The molecule has 1 aliphatic rings. The van der Waals surface area contributed by atoms with E-state index in [9.17, 15) is 0 Å². The van der Waals surface area contributed by atoms with E-state index in [0.29, 0.717) is 12.5 Å². The second-order valence-electron chi connectivity index (χ2n) is 4.56. The maximum atomic E-state index is 6.42. The van der Waals surface area contributed by atoms with Gasteiger partial charge < -0.3 is 10.7 Å². The van der Waals surface area contributed by atoms with Gasteiger partial charge in [-0.2, -0.15) is 0 Å². The summed E-state index contributed by atoms with van der Waals surface area (Å²) in [7, 11) is 0. The molecule has 84 valence electrons. The smallest absolute Gasteiger partial charge is 0.0694 e. The lowest BCUT2D eigenvalue weighted by atomic mass is 9.83. The fraction of sp³-hybridized carbons (Fsp3) is 0.385. The van der Waals surface area contributed by atoms with Crippen LogP contribution < -0.4 is 5.73 Å². The summed E-state index contributed by atoms with van der Waals surface area (Å²) >= 11 is 6.42. The number of fused-ring (bicyclic) bond motifs is 1. The number of rotatable bonds is 2. The largest absolute Gasteiger partial charge is 0.357 e. The van der Waals surface area contributed by atoms with Gasteiger partial charge in [0, 0.05) is 29.1 Å². The van der Waals surface area contributed by atoms with Gasteiger partial charge in [0.05, 0.1) is 5.02 Å². The maximum absolute atomic E-state index is 6.42. The van der Waals surface area contributed by atoms with Gasteiger partial charge in [-0.15, -0.1) is 0 Å². The van der Waals surface area contributed by atoms with Gasteiger partial charge in [-0.3, -0.25) is 0 Å². The quantitative estimate of drug-likeness (QED) is 0.820. The van der Waals surface area contributed by atoms with Crippen LogP contribution in [0.5, 0.6) is 0 Å². The third-order valence-corrected chi connectivity index (χ3v) is 3.98. The predicted octanol–water partition coefficient (Wildman–Crippen LogP) is 3.55. The molecule has 1 fully saturated rings. The molecule has 1 saturated carbocycles. The first-order chi connectivity index (χ1) is 7.79. The number of hydrogen-bond donors (Lipinski definition) is 2. The minimum Gasteiger partial charge on any atom is -0.357 e. The molecule has 0 spiro atoms. The van der Waals surface area contributed by atoms with E-state index in [1.807, 2.05) is 0 Å². The second kappa shape index (κ2) is 3.79. The Morgan fingerprint density at radius 1 is 1.38 bits per heavy atom. The minimum absolute atomic E-state index is 0.566. The molecule has 2 aromatic rings. The van der Waals surface area contributed by atoms with Crippen LogP contribution in [0.25, 0.3) is 10.9 Å². The Morgan fingerprint density at radius 2 is 2.19 bits per heavy atom. The fourth-order valence-corrected chi connectivity index (χ4v) is 2.69. The molecule has 1 aromatic carbocycles. The Hall–Kier alpha value is -0.990. The first kappa shape index (κ1) is 10.2. The van der Waals surface area contributed by atoms with E-state index >= 15 is 0 Å². The standard InChI is InChI=1S/C13H15ClN2/c14-12-10-6-8(7-15)4-5-11(10)16-13(12)9-2-1-3-9/h4-6,9,16H,1-3,7,15H2. The van der Waals surface area contributed by atoms with Gasteiger partial charge in [0.1, 0.15) is 0 Å². The topological polar surface area (TPSA) is 41.8 Å². The molecule has 0 atom stereocenters. The number of benzene rings is 1. The van der Waals surface area contributed by atoms with Crippen LogP contribution in [0.15, 0.2) is 18.2 Å². The van der Waals surface area contributed by atoms with Gasteiger partial charge in [0.25, 0.3) is 0 Å². The van der Waals surface area contributed by atoms with Gasteiger partial charge in [0.15, 0.2) is 0 Å². The molecule has 3 rings (SSSR count). The predicted molar refractivity (Wildman–Crippen MR) is 67.8 cm³/mol. The summed E-state index contributed by atoms with van der Waals surface area (Å²) in [5.41, 5.74) is 9.12. The van der Waals surface area contributed by atoms with Crippen LogP contribution in [0.3, 0.4) is 0 Å². The Kier molecular flexibility index (Phi) is 2.41. The van der Waals surface area contributed by atoms with E-state index < -0.39 is 0 Å². The second-order valence-corrected chi connectivity index (χ2v) is 4.94. The molecule has 3 N–H and O–H groups in total. The van der Waals surface area contributed by atoms with E-state index in [-0.39, 0.29) is 0 Å². The minimum atomic E-state index is 0.566. The number of aromatic nitrogens is 1. The normalized spacial score (nSPS) is 16.6.